The second-order valence-corrected chi connectivity index (χ2v) is 11.6. The highest BCUT2D eigenvalue weighted by Crippen LogP contribution is 2.42. The monoisotopic (exact) mass is 645 g/mol. The number of likely N-dealkylation sites (tertiary alicyclic amines) is 1. The average molecular weight is 647 g/mol. The number of phenolic OH excluding ortho intramolecular Hbond substituents is 1. The molecule has 5 N–H and O–H groups in total. The zero-order valence-corrected chi connectivity index (χ0v) is 26.3. The van der Waals surface area contributed by atoms with Gasteiger partial charge in [0.25, 0.3) is 0 Å². The number of carbonyl (C=O) groups is 2. The highest BCUT2D eigenvalue weighted by atomic mass is 35.5. The Morgan fingerprint density at radius 1 is 1.07 bits per heavy atom. The molecule has 3 aromatic carbocycles. The number of aromatic hydroxyl groups is 1. The standard InChI is InChI=1S/C32H35N3O5S.2ClH/c1-40-28-16-20(7-8-22(28)19-35-13-2-3-14-35)15-26-25-10-9-24(36)18-29(25)41-31(26)21-5-4-6-23(17-21)34-30(37)12-11-27(33)32(38)39;;/h4-10,16-18,27,36H,2-3,11-15,19,33H2,1H3,(H,34,37)(H,38,39);2*1H. The number of rotatable bonds is 11. The van der Waals surface area contributed by atoms with Crippen LogP contribution in [0.3, 0.4) is 0 Å². The van der Waals surface area contributed by atoms with Crippen LogP contribution in [0.2, 0.25) is 0 Å². The van der Waals surface area contributed by atoms with E-state index in [0.29, 0.717) is 12.1 Å². The Kier molecular flexibility index (Phi) is 12.2. The number of thiophene rings is 1. The van der Waals surface area contributed by atoms with Crippen LogP contribution in [0.25, 0.3) is 20.5 Å². The van der Waals surface area contributed by atoms with Gasteiger partial charge >= 0.3 is 5.97 Å². The second-order valence-electron chi connectivity index (χ2n) is 10.5. The Hall–Kier alpha value is -3.34. The van der Waals surface area contributed by atoms with Crippen LogP contribution in [0.15, 0.2) is 60.7 Å². The van der Waals surface area contributed by atoms with Crippen LogP contribution in [0.4, 0.5) is 5.69 Å². The number of nitrogens with two attached hydrogens (primary N) is 1. The lowest BCUT2D eigenvalue weighted by Gasteiger charge is -2.18. The zero-order chi connectivity index (χ0) is 28.9. The number of anilines is 1. The van der Waals surface area contributed by atoms with Gasteiger partial charge in [-0.15, -0.1) is 36.2 Å². The highest BCUT2D eigenvalue weighted by Gasteiger charge is 2.19. The fourth-order valence-corrected chi connectivity index (χ4v) is 6.59. The van der Waals surface area contributed by atoms with Gasteiger partial charge < -0.3 is 26.0 Å². The molecular weight excluding hydrogens is 609 g/mol. The molecule has 1 saturated heterocycles. The maximum absolute atomic E-state index is 12.5. The summed E-state index contributed by atoms with van der Waals surface area (Å²) in [6.45, 7) is 3.13. The van der Waals surface area contributed by atoms with Crippen molar-refractivity contribution in [2.24, 2.45) is 5.73 Å². The molecule has 43 heavy (non-hydrogen) atoms. The number of hydrogen-bond donors (Lipinski definition) is 4. The van der Waals surface area contributed by atoms with E-state index in [-0.39, 0.29) is 49.3 Å². The third kappa shape index (κ3) is 8.40. The van der Waals surface area contributed by atoms with Gasteiger partial charge in [0.2, 0.25) is 5.91 Å². The van der Waals surface area contributed by atoms with Crippen LogP contribution in [0, 0.1) is 0 Å². The number of phenols is 1. The van der Waals surface area contributed by atoms with Crippen molar-refractivity contribution in [3.8, 4) is 21.9 Å². The number of halogens is 2. The zero-order valence-electron chi connectivity index (χ0n) is 23.9. The molecule has 2 heterocycles. The summed E-state index contributed by atoms with van der Waals surface area (Å²) >= 11 is 1.60. The quantitative estimate of drug-likeness (QED) is 0.148. The topological polar surface area (TPSA) is 125 Å². The first-order chi connectivity index (χ1) is 19.8. The maximum Gasteiger partial charge on any atom is 0.320 e. The van der Waals surface area contributed by atoms with Crippen LogP contribution in [0.1, 0.15) is 42.4 Å². The van der Waals surface area contributed by atoms with Crippen LogP contribution < -0.4 is 15.8 Å². The van der Waals surface area contributed by atoms with E-state index in [0.717, 1.165) is 57.0 Å². The third-order valence-electron chi connectivity index (χ3n) is 7.51. The molecule has 0 radical (unpaired) electrons. The van der Waals surface area contributed by atoms with Crippen molar-refractivity contribution in [1.29, 1.82) is 0 Å². The number of amides is 1. The molecule has 0 bridgehead atoms. The summed E-state index contributed by atoms with van der Waals surface area (Å²) in [6.07, 6.45) is 3.23. The SMILES string of the molecule is COc1cc(Cc2c(-c3cccc(NC(=O)CCC(N)C(=O)O)c3)sc3cc(O)ccc23)ccc1CN1CCCC1.Cl.Cl. The van der Waals surface area contributed by atoms with Gasteiger partial charge in [-0.1, -0.05) is 24.3 Å². The summed E-state index contributed by atoms with van der Waals surface area (Å²) in [6, 6.07) is 18.4. The summed E-state index contributed by atoms with van der Waals surface area (Å²) in [5, 5.41) is 23.1. The number of nitrogens with one attached hydrogen (secondary N) is 1. The first-order valence-electron chi connectivity index (χ1n) is 13.8. The van der Waals surface area contributed by atoms with Crippen molar-refractivity contribution in [2.45, 2.75) is 44.7 Å². The Labute approximate surface area is 267 Å². The fraction of sp³-hybridized carbons (Fsp3) is 0.312. The van der Waals surface area contributed by atoms with E-state index in [1.165, 1.54) is 18.4 Å². The molecule has 1 aromatic heterocycles. The summed E-state index contributed by atoms with van der Waals surface area (Å²) < 4.78 is 6.77. The van der Waals surface area contributed by atoms with E-state index in [4.69, 9.17) is 15.6 Å². The number of carbonyl (C=O) groups excluding carboxylic acids is 1. The molecule has 1 amide bonds. The van der Waals surface area contributed by atoms with Crippen molar-refractivity contribution in [3.05, 3.63) is 77.4 Å². The molecule has 0 spiro atoms. The minimum absolute atomic E-state index is 0. The minimum atomic E-state index is -1.12. The molecule has 11 heteroatoms. The van der Waals surface area contributed by atoms with Gasteiger partial charge in [-0.25, -0.2) is 0 Å². The van der Waals surface area contributed by atoms with E-state index in [1.807, 2.05) is 24.3 Å². The lowest BCUT2D eigenvalue weighted by Crippen LogP contribution is -2.31. The van der Waals surface area contributed by atoms with Crippen molar-refractivity contribution in [3.63, 3.8) is 0 Å². The smallest absolute Gasteiger partial charge is 0.320 e. The van der Waals surface area contributed by atoms with Gasteiger partial charge in [-0.05, 0) is 97.2 Å². The van der Waals surface area contributed by atoms with Gasteiger partial charge in [0.15, 0.2) is 0 Å². The number of fused-ring (bicyclic) bond motifs is 1. The number of carboxylic acids is 1. The van der Waals surface area contributed by atoms with Crippen molar-refractivity contribution in [1.82, 2.24) is 4.90 Å². The summed E-state index contributed by atoms with van der Waals surface area (Å²) in [5.41, 5.74) is 10.6. The van der Waals surface area contributed by atoms with Crippen molar-refractivity contribution < 1.29 is 24.5 Å². The third-order valence-corrected chi connectivity index (χ3v) is 8.75. The number of carboxylic acid groups (broad SMARTS) is 1. The minimum Gasteiger partial charge on any atom is -0.508 e. The van der Waals surface area contributed by atoms with Gasteiger partial charge in [-0.2, -0.15) is 0 Å². The number of aliphatic carboxylic acids is 1. The van der Waals surface area contributed by atoms with E-state index in [2.05, 4.69) is 28.4 Å². The molecule has 1 aliphatic rings. The second kappa shape index (κ2) is 15.4. The van der Waals surface area contributed by atoms with Gasteiger partial charge in [0, 0.05) is 33.8 Å². The first kappa shape index (κ1) is 34.2. The molecule has 5 rings (SSSR count). The molecule has 1 unspecified atom stereocenters. The average Bonchev–Trinajstić information content (AvgIpc) is 3.60. The number of hydrogen-bond acceptors (Lipinski definition) is 7. The van der Waals surface area contributed by atoms with Crippen LogP contribution >= 0.6 is 36.2 Å². The molecule has 0 aliphatic carbocycles. The lowest BCUT2D eigenvalue weighted by molar-refractivity contribution is -0.138. The lowest BCUT2D eigenvalue weighted by atomic mass is 9.97. The van der Waals surface area contributed by atoms with Gasteiger partial charge in [0.05, 0.1) is 7.11 Å². The largest absolute Gasteiger partial charge is 0.508 e. The summed E-state index contributed by atoms with van der Waals surface area (Å²) in [7, 11) is 1.72. The Balaban J connectivity index is 0.00000253. The summed E-state index contributed by atoms with van der Waals surface area (Å²) in [5.74, 6) is -0.311. The van der Waals surface area contributed by atoms with E-state index >= 15 is 0 Å². The first-order valence-corrected chi connectivity index (χ1v) is 14.6. The Morgan fingerprint density at radius 2 is 1.84 bits per heavy atom. The molecule has 1 aliphatic heterocycles. The number of methoxy groups -OCH3 is 1. The van der Waals surface area contributed by atoms with Crippen LogP contribution in [-0.4, -0.2) is 53.2 Å². The van der Waals surface area contributed by atoms with E-state index in [9.17, 15) is 14.7 Å². The molecular formula is C32H37Cl2N3O5S. The predicted octanol–water partition coefficient (Wildman–Crippen LogP) is 6.44. The van der Waals surface area contributed by atoms with Crippen LogP contribution in [0.5, 0.6) is 11.5 Å². The molecule has 1 atom stereocenters. The normalized spacial score (nSPS) is 13.6. The number of benzene rings is 3. The molecule has 4 aromatic rings. The van der Waals surface area contributed by atoms with E-state index in [1.54, 1.807) is 36.6 Å². The molecule has 8 nitrogen and oxygen atoms in total. The number of ether oxygens (including phenoxy) is 1. The Bertz CT molecular complexity index is 1570. The van der Waals surface area contributed by atoms with Crippen molar-refractivity contribution in [2.75, 3.05) is 25.5 Å². The fourth-order valence-electron chi connectivity index (χ4n) is 5.33. The highest BCUT2D eigenvalue weighted by molar-refractivity contribution is 7.22. The summed E-state index contributed by atoms with van der Waals surface area (Å²) in [4.78, 5) is 27.0. The number of nitrogens with zero attached hydrogens (tertiary/aromatic N) is 1. The molecule has 1 fully saturated rings. The van der Waals surface area contributed by atoms with Gasteiger partial charge in [-0.3, -0.25) is 14.5 Å². The van der Waals surface area contributed by atoms with E-state index < -0.39 is 12.0 Å². The molecule has 0 saturated carbocycles. The molecule has 230 valence electrons. The Morgan fingerprint density at radius 3 is 2.56 bits per heavy atom. The maximum atomic E-state index is 12.5. The van der Waals surface area contributed by atoms with Crippen LogP contribution in [-0.2, 0) is 22.6 Å². The van der Waals surface area contributed by atoms with Crippen molar-refractivity contribution >= 4 is 63.8 Å². The predicted molar refractivity (Wildman–Crippen MR) is 177 cm³/mol. The van der Waals surface area contributed by atoms with Gasteiger partial charge in [0.1, 0.15) is 17.5 Å².